The predicted molar refractivity (Wildman–Crippen MR) is 130 cm³/mol. The van der Waals surface area contributed by atoms with Gasteiger partial charge < -0.3 is 14.6 Å². The lowest BCUT2D eigenvalue weighted by molar-refractivity contribution is -0.110. The lowest BCUT2D eigenvalue weighted by Crippen LogP contribution is -2.59. The molecule has 176 valence electrons. The molecule has 0 bridgehead atoms. The van der Waals surface area contributed by atoms with Crippen molar-refractivity contribution in [2.45, 2.75) is 69.6 Å². The van der Waals surface area contributed by atoms with Crippen LogP contribution >= 0.6 is 0 Å². The second-order valence-corrected chi connectivity index (χ2v) is 10.1. The minimum atomic E-state index is -0.881. The molecule has 1 amide bonds. The number of carbonyl (C=O) groups excluding carboxylic acids is 1. The van der Waals surface area contributed by atoms with Gasteiger partial charge in [0.15, 0.2) is 5.82 Å². The van der Waals surface area contributed by atoms with Crippen LogP contribution in [0.5, 0.6) is 0 Å². The first-order chi connectivity index (χ1) is 16.7. The van der Waals surface area contributed by atoms with Crippen molar-refractivity contribution in [3.63, 3.8) is 0 Å². The number of hydrogen-bond donors (Lipinski definition) is 1. The van der Waals surface area contributed by atoms with Gasteiger partial charge in [0.05, 0.1) is 11.3 Å². The van der Waals surface area contributed by atoms with Gasteiger partial charge in [-0.25, -0.2) is 4.98 Å². The number of fused-ring (bicyclic) bond motifs is 2. The predicted octanol–water partition coefficient (Wildman–Crippen LogP) is 4.57. The van der Waals surface area contributed by atoms with Gasteiger partial charge in [-0.15, -0.1) is 0 Å². The summed E-state index contributed by atoms with van der Waals surface area (Å²) in [6.07, 6.45) is 9.51. The molecule has 1 unspecified atom stereocenters. The number of piperidine rings is 1. The summed E-state index contributed by atoms with van der Waals surface area (Å²) in [4.78, 5) is 25.5. The maximum absolute atomic E-state index is 14.1. The van der Waals surface area contributed by atoms with Crippen molar-refractivity contribution in [3.05, 3.63) is 71.8 Å². The Bertz CT molecular complexity index is 1180. The van der Waals surface area contributed by atoms with Gasteiger partial charge in [0.2, 0.25) is 0 Å². The highest BCUT2D eigenvalue weighted by atomic mass is 16.3. The van der Waals surface area contributed by atoms with Gasteiger partial charge in [-0.2, -0.15) is 0 Å². The fourth-order valence-electron chi connectivity index (χ4n) is 6.56. The molecule has 2 fully saturated rings. The zero-order valence-corrected chi connectivity index (χ0v) is 19.6. The van der Waals surface area contributed by atoms with Gasteiger partial charge >= 0.3 is 0 Å². The third-order valence-corrected chi connectivity index (χ3v) is 8.23. The maximum atomic E-state index is 14.1. The molecule has 0 radical (unpaired) electrons. The number of rotatable bonds is 3. The number of carbonyl (C=O) groups is 1. The smallest absolute Gasteiger partial charge is 0.290 e. The van der Waals surface area contributed by atoms with Gasteiger partial charge in [0.25, 0.3) is 5.91 Å². The van der Waals surface area contributed by atoms with E-state index in [9.17, 15) is 9.90 Å². The van der Waals surface area contributed by atoms with E-state index in [1.54, 1.807) is 6.20 Å². The lowest BCUT2D eigenvalue weighted by atomic mass is 9.66. The zero-order chi connectivity index (χ0) is 23.1. The highest BCUT2D eigenvalue weighted by molar-refractivity contribution is 5.92. The van der Waals surface area contributed by atoms with E-state index in [-0.39, 0.29) is 17.9 Å². The maximum Gasteiger partial charge on any atom is 0.290 e. The molecule has 2 aliphatic heterocycles. The van der Waals surface area contributed by atoms with Crippen molar-refractivity contribution in [2.75, 3.05) is 6.54 Å². The monoisotopic (exact) mass is 456 g/mol. The molecule has 3 atom stereocenters. The van der Waals surface area contributed by atoms with Crippen LogP contribution in [0.2, 0.25) is 0 Å². The average Bonchev–Trinajstić information content (AvgIpc) is 3.30. The van der Waals surface area contributed by atoms with Crippen molar-refractivity contribution in [1.82, 2.24) is 19.4 Å². The highest BCUT2D eigenvalue weighted by Gasteiger charge is 2.51. The Labute approximate surface area is 200 Å². The number of aromatic nitrogens is 3. The van der Waals surface area contributed by atoms with Crippen molar-refractivity contribution in [3.8, 4) is 11.4 Å². The molecule has 1 aliphatic carbocycles. The Hall–Kier alpha value is -2.99. The van der Waals surface area contributed by atoms with E-state index in [2.05, 4.69) is 9.55 Å². The highest BCUT2D eigenvalue weighted by Crippen LogP contribution is 2.47. The molecule has 6 rings (SSSR count). The third-order valence-electron chi connectivity index (χ3n) is 8.23. The summed E-state index contributed by atoms with van der Waals surface area (Å²) in [6.45, 7) is 1.37. The summed E-state index contributed by atoms with van der Waals surface area (Å²) in [7, 11) is 0. The quantitative estimate of drug-likeness (QED) is 0.627. The molecule has 1 saturated carbocycles. The molecule has 3 aliphatic rings. The van der Waals surface area contributed by atoms with Gasteiger partial charge in [-0.1, -0.05) is 49.2 Å². The molecule has 1 saturated heterocycles. The van der Waals surface area contributed by atoms with E-state index in [0.717, 1.165) is 74.1 Å². The molecule has 6 nitrogen and oxygen atoms in total. The van der Waals surface area contributed by atoms with Crippen LogP contribution in [0.25, 0.3) is 11.4 Å². The first kappa shape index (κ1) is 21.5. The van der Waals surface area contributed by atoms with Crippen molar-refractivity contribution in [1.29, 1.82) is 0 Å². The van der Waals surface area contributed by atoms with Crippen LogP contribution in [0.15, 0.2) is 54.7 Å². The summed E-state index contributed by atoms with van der Waals surface area (Å²) in [5.74, 6) is 0.606. The number of hydrogen-bond acceptors (Lipinski definition) is 4. The fourth-order valence-corrected chi connectivity index (χ4v) is 6.56. The summed E-state index contributed by atoms with van der Waals surface area (Å²) < 4.78 is 2.14. The van der Waals surface area contributed by atoms with Gasteiger partial charge in [-0.05, 0) is 56.2 Å². The zero-order valence-electron chi connectivity index (χ0n) is 19.6. The van der Waals surface area contributed by atoms with Crippen LogP contribution in [0, 0.1) is 5.92 Å². The van der Waals surface area contributed by atoms with Crippen LogP contribution in [0.3, 0.4) is 0 Å². The van der Waals surface area contributed by atoms with Crippen LogP contribution in [0.4, 0.5) is 0 Å². The molecular formula is C28H32N4O2. The van der Waals surface area contributed by atoms with E-state index in [4.69, 9.17) is 4.98 Å². The molecule has 1 aromatic carbocycles. The van der Waals surface area contributed by atoms with Gasteiger partial charge in [0, 0.05) is 36.9 Å². The number of benzene rings is 1. The van der Waals surface area contributed by atoms with E-state index in [1.165, 1.54) is 0 Å². The third kappa shape index (κ3) is 3.47. The van der Waals surface area contributed by atoms with Crippen molar-refractivity contribution in [2.24, 2.45) is 5.92 Å². The number of pyridine rings is 1. The number of imidazole rings is 1. The number of nitrogens with zero attached hydrogens (tertiary/aromatic N) is 4. The van der Waals surface area contributed by atoms with Crippen LogP contribution in [0.1, 0.15) is 66.8 Å². The summed E-state index contributed by atoms with van der Waals surface area (Å²) >= 11 is 0. The summed E-state index contributed by atoms with van der Waals surface area (Å²) in [5, 5.41) is 11.9. The topological polar surface area (TPSA) is 71.2 Å². The minimum absolute atomic E-state index is 0.0114. The molecule has 0 spiro atoms. The molecule has 2 aromatic heterocycles. The summed E-state index contributed by atoms with van der Waals surface area (Å²) in [6, 6.07) is 15.9. The van der Waals surface area contributed by atoms with E-state index < -0.39 is 5.60 Å². The van der Waals surface area contributed by atoms with Gasteiger partial charge in [-0.3, -0.25) is 9.78 Å². The standard InChI is InChI=1S/C28H32N4O2/c33-27(26-30-25(22-13-6-8-17-29-22)24-15-7-9-18-31(24)26)32-19-16-28(34,20-10-2-1-3-11-20)21-12-4-5-14-23(21)32/h1-3,6,8,10-11,13,17,21,23,34H,4-5,7,9,12,14-16,18-19H2/t21-,23+,28?/m1/s1. The minimum Gasteiger partial charge on any atom is -0.385 e. The Morgan fingerprint density at radius 3 is 2.62 bits per heavy atom. The van der Waals surface area contributed by atoms with E-state index in [0.29, 0.717) is 18.8 Å². The number of amides is 1. The first-order valence-electron chi connectivity index (χ1n) is 12.8. The summed E-state index contributed by atoms with van der Waals surface area (Å²) in [5.41, 5.74) is 2.91. The Morgan fingerprint density at radius 1 is 0.971 bits per heavy atom. The molecular weight excluding hydrogens is 424 g/mol. The fraction of sp³-hybridized carbons (Fsp3) is 0.464. The van der Waals surface area contributed by atoms with Crippen LogP contribution in [-0.2, 0) is 18.6 Å². The largest absolute Gasteiger partial charge is 0.385 e. The Morgan fingerprint density at radius 2 is 1.79 bits per heavy atom. The van der Waals surface area contributed by atoms with Crippen molar-refractivity contribution < 1.29 is 9.90 Å². The van der Waals surface area contributed by atoms with Gasteiger partial charge in [0.1, 0.15) is 5.69 Å². The van der Waals surface area contributed by atoms with Crippen LogP contribution in [-0.4, -0.2) is 43.0 Å². The van der Waals surface area contributed by atoms with E-state index >= 15 is 0 Å². The normalized spacial score (nSPS) is 26.6. The Kier molecular flexibility index (Phi) is 5.48. The molecule has 4 heterocycles. The first-order valence-corrected chi connectivity index (χ1v) is 12.8. The SMILES string of the molecule is O=C(c1nc(-c2ccccn2)c2n1CCCC2)N1CCC(O)(c2ccccc2)[C@@H]2CCCC[C@@H]21. The number of aliphatic hydroxyl groups is 1. The molecule has 6 heteroatoms. The molecule has 3 aromatic rings. The Balaban J connectivity index is 1.36. The molecule has 1 N–H and O–H groups in total. The van der Waals surface area contributed by atoms with Crippen molar-refractivity contribution >= 4 is 5.91 Å². The van der Waals surface area contributed by atoms with E-state index in [1.807, 2.05) is 53.4 Å². The number of likely N-dealkylation sites (tertiary alicyclic amines) is 1. The second kappa shape index (κ2) is 8.66. The average molecular weight is 457 g/mol. The second-order valence-electron chi connectivity index (χ2n) is 10.1. The lowest BCUT2D eigenvalue weighted by Gasteiger charge is -2.52. The van der Waals surface area contributed by atoms with Crippen LogP contribution < -0.4 is 0 Å². The molecule has 34 heavy (non-hydrogen) atoms.